The van der Waals surface area contributed by atoms with Crippen molar-refractivity contribution in [1.29, 1.82) is 0 Å². The molecule has 2 heteroatoms. The van der Waals surface area contributed by atoms with Gasteiger partial charge >= 0.3 is 5.97 Å². The Morgan fingerprint density at radius 1 is 1.46 bits per heavy atom. The van der Waals surface area contributed by atoms with Gasteiger partial charge < -0.3 is 5.11 Å². The van der Waals surface area contributed by atoms with Gasteiger partial charge in [0.2, 0.25) is 0 Å². The number of allylic oxidation sites excluding steroid dienone is 2. The normalized spacial score (nSPS) is 21.7. The zero-order valence-corrected chi connectivity index (χ0v) is 8.04. The summed E-state index contributed by atoms with van der Waals surface area (Å²) >= 11 is 0. The molecule has 1 atom stereocenters. The quantitative estimate of drug-likeness (QED) is 0.524. The first-order valence-electron chi connectivity index (χ1n) is 5.17. The second-order valence-corrected chi connectivity index (χ2v) is 3.76. The summed E-state index contributed by atoms with van der Waals surface area (Å²) < 4.78 is 0. The Balaban J connectivity index is 2.01. The molecule has 0 aromatic rings. The highest BCUT2D eigenvalue weighted by atomic mass is 16.4. The minimum atomic E-state index is -0.667. The van der Waals surface area contributed by atoms with Crippen molar-refractivity contribution in [1.82, 2.24) is 0 Å². The third-order valence-electron chi connectivity index (χ3n) is 2.57. The van der Waals surface area contributed by atoms with Crippen LogP contribution < -0.4 is 0 Å². The fourth-order valence-electron chi connectivity index (χ4n) is 1.81. The second kappa shape index (κ2) is 5.79. The zero-order chi connectivity index (χ0) is 9.52. The van der Waals surface area contributed by atoms with Crippen molar-refractivity contribution < 1.29 is 9.90 Å². The molecule has 0 saturated carbocycles. The van der Waals surface area contributed by atoms with Gasteiger partial charge in [0.1, 0.15) is 0 Å². The highest BCUT2D eigenvalue weighted by molar-refractivity contribution is 5.66. The predicted molar refractivity (Wildman–Crippen MR) is 52.6 cm³/mol. The Morgan fingerprint density at radius 2 is 2.31 bits per heavy atom. The third kappa shape index (κ3) is 4.71. The average Bonchev–Trinajstić information content (AvgIpc) is 2.14. The summed E-state index contributed by atoms with van der Waals surface area (Å²) in [4.78, 5) is 10.2. The molecule has 0 radical (unpaired) electrons. The van der Waals surface area contributed by atoms with E-state index in [1.54, 1.807) is 0 Å². The number of hydrogen-bond acceptors (Lipinski definition) is 1. The van der Waals surface area contributed by atoms with Gasteiger partial charge in [0.05, 0.1) is 0 Å². The van der Waals surface area contributed by atoms with E-state index in [4.69, 9.17) is 5.11 Å². The molecule has 1 unspecified atom stereocenters. The van der Waals surface area contributed by atoms with Gasteiger partial charge in [0, 0.05) is 6.42 Å². The van der Waals surface area contributed by atoms with Crippen LogP contribution in [0.3, 0.4) is 0 Å². The van der Waals surface area contributed by atoms with E-state index >= 15 is 0 Å². The molecule has 1 rings (SSSR count). The predicted octanol–water partition coefficient (Wildman–Crippen LogP) is 2.99. The van der Waals surface area contributed by atoms with Crippen LogP contribution in [0.25, 0.3) is 0 Å². The molecule has 0 bridgehead atoms. The highest BCUT2D eigenvalue weighted by Crippen LogP contribution is 2.22. The first kappa shape index (κ1) is 10.3. The minimum absolute atomic E-state index is 0.330. The number of carboxylic acid groups (broad SMARTS) is 1. The molecule has 0 fully saturated rings. The van der Waals surface area contributed by atoms with Crippen LogP contribution in [0.2, 0.25) is 0 Å². The van der Waals surface area contributed by atoms with E-state index in [1.165, 1.54) is 25.7 Å². The Hall–Kier alpha value is -0.790. The standard InChI is InChI=1S/C11H18O2/c12-11(13)9-5-4-8-10-6-2-1-3-7-10/h2,6,10H,1,3-5,7-9H2,(H,12,13). The van der Waals surface area contributed by atoms with Crippen LogP contribution in [0.5, 0.6) is 0 Å². The topological polar surface area (TPSA) is 37.3 Å². The molecule has 0 spiro atoms. The number of carboxylic acids is 1. The van der Waals surface area contributed by atoms with Crippen molar-refractivity contribution >= 4 is 5.97 Å². The van der Waals surface area contributed by atoms with Crippen LogP contribution >= 0.6 is 0 Å². The van der Waals surface area contributed by atoms with Gasteiger partial charge in [-0.15, -0.1) is 0 Å². The summed E-state index contributed by atoms with van der Waals surface area (Å²) in [6.45, 7) is 0. The van der Waals surface area contributed by atoms with Gasteiger partial charge in [0.25, 0.3) is 0 Å². The fourth-order valence-corrected chi connectivity index (χ4v) is 1.81. The zero-order valence-electron chi connectivity index (χ0n) is 8.04. The van der Waals surface area contributed by atoms with Gasteiger partial charge in [0.15, 0.2) is 0 Å². The van der Waals surface area contributed by atoms with Crippen LogP contribution in [0, 0.1) is 5.92 Å². The molecule has 13 heavy (non-hydrogen) atoms. The lowest BCUT2D eigenvalue weighted by molar-refractivity contribution is -0.137. The maximum atomic E-state index is 10.2. The summed E-state index contributed by atoms with van der Waals surface area (Å²) in [6.07, 6.45) is 11.8. The van der Waals surface area contributed by atoms with Gasteiger partial charge in [-0.3, -0.25) is 4.79 Å². The van der Waals surface area contributed by atoms with Gasteiger partial charge in [-0.2, -0.15) is 0 Å². The van der Waals surface area contributed by atoms with E-state index in [-0.39, 0.29) is 0 Å². The first-order valence-corrected chi connectivity index (χ1v) is 5.17. The lowest BCUT2D eigenvalue weighted by Gasteiger charge is -2.15. The number of carbonyl (C=O) groups is 1. The van der Waals surface area contributed by atoms with Crippen molar-refractivity contribution in [3.63, 3.8) is 0 Å². The van der Waals surface area contributed by atoms with E-state index in [1.807, 2.05) is 0 Å². The molecule has 1 aliphatic carbocycles. The molecule has 2 nitrogen and oxygen atoms in total. The van der Waals surface area contributed by atoms with Crippen LogP contribution in [-0.2, 0) is 4.79 Å². The van der Waals surface area contributed by atoms with Crippen molar-refractivity contribution in [3.8, 4) is 0 Å². The van der Waals surface area contributed by atoms with Crippen LogP contribution in [0.1, 0.15) is 44.9 Å². The maximum Gasteiger partial charge on any atom is 0.303 e. The van der Waals surface area contributed by atoms with Gasteiger partial charge in [-0.05, 0) is 38.0 Å². The molecule has 1 aliphatic rings. The maximum absolute atomic E-state index is 10.2. The second-order valence-electron chi connectivity index (χ2n) is 3.76. The summed E-state index contributed by atoms with van der Waals surface area (Å²) in [5, 5.41) is 8.44. The SMILES string of the molecule is O=C(O)CCCCC1C=CCCC1. The largest absolute Gasteiger partial charge is 0.481 e. The number of hydrogen-bond donors (Lipinski definition) is 1. The first-order chi connectivity index (χ1) is 6.29. The van der Waals surface area contributed by atoms with Crippen LogP contribution in [0.15, 0.2) is 12.2 Å². The van der Waals surface area contributed by atoms with Gasteiger partial charge in [-0.1, -0.05) is 18.6 Å². The molecule has 0 heterocycles. The van der Waals surface area contributed by atoms with Crippen LogP contribution in [-0.4, -0.2) is 11.1 Å². The highest BCUT2D eigenvalue weighted by Gasteiger charge is 2.07. The average molecular weight is 182 g/mol. The lowest BCUT2D eigenvalue weighted by Crippen LogP contribution is -2.01. The molecular weight excluding hydrogens is 164 g/mol. The van der Waals surface area contributed by atoms with Crippen molar-refractivity contribution in [2.24, 2.45) is 5.92 Å². The molecule has 0 aromatic carbocycles. The smallest absolute Gasteiger partial charge is 0.303 e. The van der Waals surface area contributed by atoms with Crippen molar-refractivity contribution in [3.05, 3.63) is 12.2 Å². The molecule has 74 valence electrons. The Labute approximate surface area is 79.6 Å². The molecule has 0 aromatic heterocycles. The summed E-state index contributed by atoms with van der Waals surface area (Å²) in [7, 11) is 0. The molecular formula is C11H18O2. The number of aliphatic carboxylic acids is 1. The number of unbranched alkanes of at least 4 members (excludes halogenated alkanes) is 1. The Bertz CT molecular complexity index is 185. The molecule has 0 saturated heterocycles. The summed E-state index contributed by atoms with van der Waals surface area (Å²) in [5.41, 5.74) is 0. The van der Waals surface area contributed by atoms with Crippen molar-refractivity contribution in [2.45, 2.75) is 44.9 Å². The van der Waals surface area contributed by atoms with E-state index in [2.05, 4.69) is 12.2 Å². The van der Waals surface area contributed by atoms with Gasteiger partial charge in [-0.25, -0.2) is 0 Å². The molecule has 0 aliphatic heterocycles. The summed E-state index contributed by atoms with van der Waals surface area (Å²) in [6, 6.07) is 0. The molecule has 0 amide bonds. The minimum Gasteiger partial charge on any atom is -0.481 e. The molecule has 1 N–H and O–H groups in total. The third-order valence-corrected chi connectivity index (χ3v) is 2.57. The lowest BCUT2D eigenvalue weighted by atomic mass is 9.91. The fraction of sp³-hybridized carbons (Fsp3) is 0.727. The van der Waals surface area contributed by atoms with E-state index in [0.717, 1.165) is 18.8 Å². The van der Waals surface area contributed by atoms with Crippen LogP contribution in [0.4, 0.5) is 0 Å². The Morgan fingerprint density at radius 3 is 2.92 bits per heavy atom. The number of rotatable bonds is 5. The monoisotopic (exact) mass is 182 g/mol. The van der Waals surface area contributed by atoms with E-state index in [0.29, 0.717) is 6.42 Å². The Kier molecular flexibility index (Phi) is 4.58. The van der Waals surface area contributed by atoms with E-state index in [9.17, 15) is 4.79 Å². The summed E-state index contributed by atoms with van der Waals surface area (Å²) in [5.74, 6) is 0.0572. The van der Waals surface area contributed by atoms with Crippen molar-refractivity contribution in [2.75, 3.05) is 0 Å². The van der Waals surface area contributed by atoms with E-state index < -0.39 is 5.97 Å².